The summed E-state index contributed by atoms with van der Waals surface area (Å²) in [5.74, 6) is -0.687. The monoisotopic (exact) mass is 356 g/mol. The average molecular weight is 356 g/mol. The highest BCUT2D eigenvalue weighted by molar-refractivity contribution is 7.89. The summed E-state index contributed by atoms with van der Waals surface area (Å²) in [6.45, 7) is 3.88. The molecule has 134 valence electrons. The molecular formula is C15H24N4O4S. The number of amides is 2. The van der Waals surface area contributed by atoms with Crippen LogP contribution in [0.4, 0.5) is 0 Å². The van der Waals surface area contributed by atoms with E-state index in [4.69, 9.17) is 10.9 Å². The highest BCUT2D eigenvalue weighted by atomic mass is 32.2. The summed E-state index contributed by atoms with van der Waals surface area (Å²) in [7, 11) is -3.70. The molecule has 0 heterocycles. The molecule has 0 bridgehead atoms. The molecule has 0 fully saturated rings. The molecule has 9 heteroatoms. The normalized spacial score (nSPS) is 12.7. The Morgan fingerprint density at radius 3 is 2.21 bits per heavy atom. The van der Waals surface area contributed by atoms with Crippen LogP contribution >= 0.6 is 0 Å². The minimum atomic E-state index is -3.70. The molecule has 8 nitrogen and oxygen atoms in total. The number of rotatable bonds is 8. The van der Waals surface area contributed by atoms with Crippen LogP contribution in [-0.4, -0.2) is 39.4 Å². The Morgan fingerprint density at radius 1 is 1.12 bits per heavy atom. The number of nitrogens with one attached hydrogen (secondary N) is 2. The molecule has 0 spiro atoms. The lowest BCUT2D eigenvalue weighted by molar-refractivity contribution is -0.127. The molecule has 0 unspecified atom stereocenters. The summed E-state index contributed by atoms with van der Waals surface area (Å²) in [5, 5.41) is 10.2. The van der Waals surface area contributed by atoms with E-state index in [1.807, 2.05) is 13.8 Å². The summed E-state index contributed by atoms with van der Waals surface area (Å²) in [5.41, 5.74) is 6.52. The lowest BCUT2D eigenvalue weighted by Gasteiger charge is -2.15. The number of benzene rings is 1. The third-order valence-corrected chi connectivity index (χ3v) is 4.36. The zero-order chi connectivity index (χ0) is 18.3. The van der Waals surface area contributed by atoms with Crippen molar-refractivity contribution < 1.29 is 18.0 Å². The first kappa shape index (κ1) is 20.1. The smallest absolute Gasteiger partial charge is 0.239 e. The molecular weight excluding hydrogens is 332 g/mol. The second kappa shape index (κ2) is 8.76. The first-order valence-corrected chi connectivity index (χ1v) is 9.07. The summed E-state index contributed by atoms with van der Waals surface area (Å²) in [6.07, 6.45) is 0.524. The number of sulfonamides is 1. The largest absolute Gasteiger partial charge is 0.354 e. The van der Waals surface area contributed by atoms with Gasteiger partial charge >= 0.3 is 0 Å². The molecule has 0 aliphatic rings. The van der Waals surface area contributed by atoms with E-state index in [-0.39, 0.29) is 29.2 Å². The molecule has 0 saturated heterocycles. The van der Waals surface area contributed by atoms with E-state index in [9.17, 15) is 18.0 Å². The summed E-state index contributed by atoms with van der Waals surface area (Å²) < 4.78 is 22.3. The highest BCUT2D eigenvalue weighted by Gasteiger charge is 2.17. The Hall–Kier alpha value is -1.97. The number of carbonyl (C=O) groups is 2. The first-order valence-electron chi connectivity index (χ1n) is 7.53. The van der Waals surface area contributed by atoms with Crippen LogP contribution in [0.3, 0.4) is 0 Å². The van der Waals surface area contributed by atoms with Crippen molar-refractivity contribution in [3.05, 3.63) is 29.8 Å². The number of nitrogens with two attached hydrogens (primary N) is 2. The van der Waals surface area contributed by atoms with Crippen molar-refractivity contribution in [2.75, 3.05) is 13.1 Å². The Bertz CT molecular complexity index is 671. The molecule has 0 aliphatic heterocycles. The van der Waals surface area contributed by atoms with Gasteiger partial charge in [0.2, 0.25) is 21.8 Å². The van der Waals surface area contributed by atoms with Crippen molar-refractivity contribution in [3.8, 4) is 0 Å². The van der Waals surface area contributed by atoms with Crippen molar-refractivity contribution in [3.63, 3.8) is 0 Å². The van der Waals surface area contributed by atoms with Crippen LogP contribution in [0.5, 0.6) is 0 Å². The lowest BCUT2D eigenvalue weighted by atomic mass is 10.1. The quantitative estimate of drug-likeness (QED) is 0.477. The lowest BCUT2D eigenvalue weighted by Crippen LogP contribution is -2.47. The molecule has 0 aliphatic carbocycles. The van der Waals surface area contributed by atoms with Gasteiger partial charge in [-0.1, -0.05) is 26.0 Å². The minimum absolute atomic E-state index is 0.00614. The minimum Gasteiger partial charge on any atom is -0.354 e. The molecule has 1 aromatic carbocycles. The van der Waals surface area contributed by atoms with Crippen LogP contribution in [0.25, 0.3) is 0 Å². The van der Waals surface area contributed by atoms with Crippen molar-refractivity contribution in [2.24, 2.45) is 16.8 Å². The molecule has 6 N–H and O–H groups in total. The van der Waals surface area contributed by atoms with E-state index >= 15 is 0 Å². The van der Waals surface area contributed by atoms with Crippen LogP contribution in [0.2, 0.25) is 0 Å². The van der Waals surface area contributed by atoms with Gasteiger partial charge in [-0.05, 0) is 30.0 Å². The third-order valence-electron chi connectivity index (χ3n) is 3.43. The molecule has 24 heavy (non-hydrogen) atoms. The fourth-order valence-corrected chi connectivity index (χ4v) is 2.36. The SMILES string of the molecule is CC(C)[C@H](N)C(=O)NCC(=O)NCCc1ccc(S(N)(=O)=O)cc1. The van der Waals surface area contributed by atoms with Gasteiger partial charge < -0.3 is 16.4 Å². The zero-order valence-electron chi connectivity index (χ0n) is 13.8. The van der Waals surface area contributed by atoms with Crippen LogP contribution in [-0.2, 0) is 26.0 Å². The zero-order valence-corrected chi connectivity index (χ0v) is 14.6. The summed E-state index contributed by atoms with van der Waals surface area (Å²) in [6, 6.07) is 5.46. The summed E-state index contributed by atoms with van der Waals surface area (Å²) >= 11 is 0. The number of primary sulfonamides is 1. The van der Waals surface area contributed by atoms with Gasteiger partial charge in [-0.2, -0.15) is 0 Å². The molecule has 1 atom stereocenters. The Kier molecular flexibility index (Phi) is 7.33. The number of carbonyl (C=O) groups excluding carboxylic acids is 2. The summed E-state index contributed by atoms with van der Waals surface area (Å²) in [4.78, 5) is 23.3. The van der Waals surface area contributed by atoms with E-state index in [0.29, 0.717) is 13.0 Å². The van der Waals surface area contributed by atoms with Crippen LogP contribution in [0.1, 0.15) is 19.4 Å². The standard InChI is InChI=1S/C15H24N4O4S/c1-10(2)14(16)15(21)19-9-13(20)18-8-7-11-3-5-12(6-4-11)24(17,22)23/h3-6,10,14H,7-9,16H2,1-2H3,(H,18,20)(H,19,21)(H2,17,22,23)/t14-/m0/s1. The number of hydrogen-bond acceptors (Lipinski definition) is 5. The van der Waals surface area contributed by atoms with Gasteiger partial charge in [0.15, 0.2) is 0 Å². The van der Waals surface area contributed by atoms with Crippen LogP contribution in [0, 0.1) is 5.92 Å². The molecule has 1 aromatic rings. The molecule has 0 radical (unpaired) electrons. The van der Waals surface area contributed by atoms with Crippen LogP contribution in [0.15, 0.2) is 29.2 Å². The maximum absolute atomic E-state index is 11.7. The van der Waals surface area contributed by atoms with E-state index < -0.39 is 16.1 Å². The van der Waals surface area contributed by atoms with E-state index in [2.05, 4.69) is 10.6 Å². The van der Waals surface area contributed by atoms with Crippen molar-refractivity contribution in [1.29, 1.82) is 0 Å². The average Bonchev–Trinajstić information content (AvgIpc) is 2.51. The molecule has 1 rings (SSSR count). The van der Waals surface area contributed by atoms with E-state index in [1.165, 1.54) is 12.1 Å². The van der Waals surface area contributed by atoms with Gasteiger partial charge in [0, 0.05) is 6.54 Å². The van der Waals surface area contributed by atoms with E-state index in [1.54, 1.807) is 12.1 Å². The predicted octanol–water partition coefficient (Wildman–Crippen LogP) is -0.908. The topological polar surface area (TPSA) is 144 Å². The van der Waals surface area contributed by atoms with Gasteiger partial charge in [-0.15, -0.1) is 0 Å². The highest BCUT2D eigenvalue weighted by Crippen LogP contribution is 2.08. The van der Waals surface area contributed by atoms with Crippen molar-refractivity contribution >= 4 is 21.8 Å². The Morgan fingerprint density at radius 2 is 1.71 bits per heavy atom. The second-order valence-corrected chi connectivity index (χ2v) is 7.34. The van der Waals surface area contributed by atoms with E-state index in [0.717, 1.165) is 5.56 Å². The molecule has 2 amide bonds. The Balaban J connectivity index is 2.34. The molecule has 0 aromatic heterocycles. The predicted molar refractivity (Wildman–Crippen MR) is 90.4 cm³/mol. The van der Waals surface area contributed by atoms with Gasteiger partial charge in [0.25, 0.3) is 0 Å². The fraction of sp³-hybridized carbons (Fsp3) is 0.467. The third kappa shape index (κ3) is 6.65. The van der Waals surface area contributed by atoms with Gasteiger partial charge in [-0.25, -0.2) is 13.6 Å². The fourth-order valence-electron chi connectivity index (χ4n) is 1.84. The molecule has 0 saturated carbocycles. The Labute approximate surface area is 142 Å². The second-order valence-electron chi connectivity index (χ2n) is 5.78. The van der Waals surface area contributed by atoms with Gasteiger partial charge in [0.05, 0.1) is 17.5 Å². The van der Waals surface area contributed by atoms with Crippen LogP contribution < -0.4 is 21.5 Å². The maximum atomic E-state index is 11.7. The maximum Gasteiger partial charge on any atom is 0.239 e. The van der Waals surface area contributed by atoms with Gasteiger partial charge in [0.1, 0.15) is 0 Å². The van der Waals surface area contributed by atoms with Crippen molar-refractivity contribution in [2.45, 2.75) is 31.2 Å². The van der Waals surface area contributed by atoms with Crippen molar-refractivity contribution in [1.82, 2.24) is 10.6 Å². The first-order chi connectivity index (χ1) is 11.1. The van der Waals surface area contributed by atoms with Gasteiger partial charge in [-0.3, -0.25) is 9.59 Å². The number of hydrogen-bond donors (Lipinski definition) is 4.